The molecule has 0 aliphatic rings. The molecular weight excluding hydrogens is 472 g/mol. The minimum atomic E-state index is -1.23. The van der Waals surface area contributed by atoms with Gasteiger partial charge in [-0.3, -0.25) is 29.2 Å². The zero-order valence-electron chi connectivity index (χ0n) is 21.2. The summed E-state index contributed by atoms with van der Waals surface area (Å²) in [5.41, 5.74) is 27.1. The minimum Gasteiger partial charge on any atom is -0.480 e. The summed E-state index contributed by atoms with van der Waals surface area (Å²) in [6.07, 6.45) is 1.51. The van der Waals surface area contributed by atoms with Crippen LogP contribution in [-0.4, -0.2) is 78.0 Å². The van der Waals surface area contributed by atoms with E-state index in [-0.39, 0.29) is 37.2 Å². The lowest BCUT2D eigenvalue weighted by Crippen LogP contribution is -2.57. The third-order valence-corrected chi connectivity index (χ3v) is 4.95. The maximum Gasteiger partial charge on any atom is 0.325 e. The highest BCUT2D eigenvalue weighted by Crippen LogP contribution is 2.08. The molecular formula is C21H42N10O5. The van der Waals surface area contributed by atoms with Crippen molar-refractivity contribution in [2.45, 2.75) is 77.0 Å². The highest BCUT2D eigenvalue weighted by atomic mass is 16.4. The predicted molar refractivity (Wildman–Crippen MR) is 136 cm³/mol. The summed E-state index contributed by atoms with van der Waals surface area (Å²) in [7, 11) is 0. The molecule has 0 saturated carbocycles. The Labute approximate surface area is 211 Å². The van der Waals surface area contributed by atoms with E-state index in [1.807, 2.05) is 13.8 Å². The normalized spacial score (nSPS) is 14.0. The third-order valence-electron chi connectivity index (χ3n) is 4.95. The Balaban J connectivity index is 5.36. The zero-order chi connectivity index (χ0) is 27.8. The van der Waals surface area contributed by atoms with Gasteiger partial charge >= 0.3 is 5.97 Å². The molecule has 3 amide bonds. The lowest BCUT2D eigenvalue weighted by atomic mass is 10.0. The van der Waals surface area contributed by atoms with Crippen LogP contribution in [0.2, 0.25) is 0 Å². The smallest absolute Gasteiger partial charge is 0.325 e. The molecule has 0 saturated heterocycles. The lowest BCUT2D eigenvalue weighted by molar-refractivity contribution is -0.141. The first-order chi connectivity index (χ1) is 16.7. The Morgan fingerprint density at radius 1 is 0.750 bits per heavy atom. The van der Waals surface area contributed by atoms with Crippen molar-refractivity contribution in [3.63, 3.8) is 0 Å². The summed E-state index contributed by atoms with van der Waals surface area (Å²) in [5.74, 6) is -3.20. The molecule has 0 aromatic heterocycles. The Kier molecular flexibility index (Phi) is 15.2. The molecule has 0 radical (unpaired) electrons. The molecule has 0 aromatic rings. The van der Waals surface area contributed by atoms with Gasteiger partial charge in [-0.2, -0.15) is 0 Å². The maximum absolute atomic E-state index is 13.1. The number of carboxylic acids is 1. The standard InChI is InChI=1S/C21H42N10O5/c1-11(2)10-15(31-16(32)13(22)6-4-8-27-20(23)24)18(34)30-14(7-5-9-28-21(25)26)17(33)29-12(3)19(35)36/h11-15H,4-10,22H2,1-3H3,(H,29,33)(H,30,34)(H,31,32)(H,35,36)(H4,23,24,27)(H4,25,26,28). The summed E-state index contributed by atoms with van der Waals surface area (Å²) >= 11 is 0. The SMILES string of the molecule is CC(C)CC(NC(=O)C(N)CCCN=C(N)N)C(=O)NC(CCCN=C(N)N)C(=O)NC(C)C(=O)O. The first kappa shape index (κ1) is 32.4. The number of guanidine groups is 2. The van der Waals surface area contributed by atoms with Crippen LogP contribution in [0.15, 0.2) is 9.98 Å². The fraction of sp³-hybridized carbons (Fsp3) is 0.714. The van der Waals surface area contributed by atoms with Gasteiger partial charge in [0.25, 0.3) is 0 Å². The Morgan fingerprint density at radius 2 is 1.22 bits per heavy atom. The molecule has 0 heterocycles. The fourth-order valence-corrected chi connectivity index (χ4v) is 3.05. The number of amides is 3. The summed E-state index contributed by atoms with van der Waals surface area (Å²) in [4.78, 5) is 57.1. The van der Waals surface area contributed by atoms with Crippen molar-refractivity contribution in [3.8, 4) is 0 Å². The van der Waals surface area contributed by atoms with Crippen LogP contribution in [-0.2, 0) is 19.2 Å². The second kappa shape index (κ2) is 16.9. The monoisotopic (exact) mass is 514 g/mol. The number of rotatable bonds is 17. The summed E-state index contributed by atoms with van der Waals surface area (Å²) in [6.45, 7) is 5.56. The minimum absolute atomic E-state index is 0.0281. The van der Waals surface area contributed by atoms with E-state index < -0.39 is 47.9 Å². The van der Waals surface area contributed by atoms with Crippen LogP contribution < -0.4 is 44.6 Å². The van der Waals surface area contributed by atoms with Crippen LogP contribution in [0.1, 0.15) is 52.9 Å². The molecule has 0 rings (SSSR count). The van der Waals surface area contributed by atoms with Gasteiger partial charge in [-0.05, 0) is 44.9 Å². The largest absolute Gasteiger partial charge is 0.480 e. The van der Waals surface area contributed by atoms with Crippen molar-refractivity contribution in [2.75, 3.05) is 13.1 Å². The van der Waals surface area contributed by atoms with E-state index in [0.717, 1.165) is 0 Å². The second-order valence-corrected chi connectivity index (χ2v) is 8.82. The van der Waals surface area contributed by atoms with Gasteiger partial charge in [0, 0.05) is 13.1 Å². The van der Waals surface area contributed by atoms with E-state index in [2.05, 4.69) is 25.9 Å². The molecule has 0 aromatic carbocycles. The molecule has 4 atom stereocenters. The highest BCUT2D eigenvalue weighted by molar-refractivity contribution is 5.94. The van der Waals surface area contributed by atoms with Crippen LogP contribution in [0.3, 0.4) is 0 Å². The van der Waals surface area contributed by atoms with Crippen LogP contribution in [0, 0.1) is 5.92 Å². The van der Waals surface area contributed by atoms with Gasteiger partial charge in [0.15, 0.2) is 11.9 Å². The van der Waals surface area contributed by atoms with Gasteiger partial charge in [-0.25, -0.2) is 0 Å². The van der Waals surface area contributed by atoms with Crippen LogP contribution in [0.4, 0.5) is 0 Å². The quantitative estimate of drug-likeness (QED) is 0.0539. The van der Waals surface area contributed by atoms with Crippen molar-refractivity contribution in [2.24, 2.45) is 44.6 Å². The molecule has 0 aliphatic heterocycles. The molecule has 15 nitrogen and oxygen atoms in total. The predicted octanol–water partition coefficient (Wildman–Crippen LogP) is -2.97. The van der Waals surface area contributed by atoms with Crippen molar-refractivity contribution >= 4 is 35.6 Å². The Bertz CT molecular complexity index is 794. The molecule has 36 heavy (non-hydrogen) atoms. The first-order valence-electron chi connectivity index (χ1n) is 11.7. The third kappa shape index (κ3) is 14.6. The van der Waals surface area contributed by atoms with E-state index in [0.29, 0.717) is 25.8 Å². The number of carbonyl (C=O) groups excluding carboxylic acids is 3. The summed E-state index contributed by atoms with van der Waals surface area (Å²) < 4.78 is 0. The number of nitrogens with zero attached hydrogens (tertiary/aromatic N) is 2. The van der Waals surface area contributed by atoms with E-state index >= 15 is 0 Å². The van der Waals surface area contributed by atoms with Crippen molar-refractivity contribution < 1.29 is 24.3 Å². The average molecular weight is 515 g/mol. The fourth-order valence-electron chi connectivity index (χ4n) is 3.05. The van der Waals surface area contributed by atoms with Crippen molar-refractivity contribution in [1.29, 1.82) is 0 Å². The number of hydrogen-bond donors (Lipinski definition) is 9. The number of aliphatic imine (C=N–C) groups is 2. The molecule has 0 spiro atoms. The van der Waals surface area contributed by atoms with Gasteiger partial charge in [-0.1, -0.05) is 13.8 Å². The average Bonchev–Trinajstić information content (AvgIpc) is 2.76. The first-order valence-corrected chi connectivity index (χ1v) is 11.7. The number of nitrogens with one attached hydrogen (secondary N) is 3. The molecule has 0 bridgehead atoms. The molecule has 206 valence electrons. The maximum atomic E-state index is 13.1. The zero-order valence-corrected chi connectivity index (χ0v) is 21.2. The van der Waals surface area contributed by atoms with Gasteiger partial charge in [0.1, 0.15) is 18.1 Å². The van der Waals surface area contributed by atoms with E-state index in [9.17, 15) is 19.2 Å². The van der Waals surface area contributed by atoms with Crippen LogP contribution >= 0.6 is 0 Å². The van der Waals surface area contributed by atoms with Crippen molar-refractivity contribution in [1.82, 2.24) is 16.0 Å². The van der Waals surface area contributed by atoms with Crippen LogP contribution in [0.5, 0.6) is 0 Å². The van der Waals surface area contributed by atoms with Crippen molar-refractivity contribution in [3.05, 3.63) is 0 Å². The lowest BCUT2D eigenvalue weighted by Gasteiger charge is -2.25. The van der Waals surface area contributed by atoms with E-state index in [4.69, 9.17) is 33.8 Å². The summed E-state index contributed by atoms with van der Waals surface area (Å²) in [6, 6.07) is -4.10. The topological polar surface area (TPSA) is 279 Å². The number of carboxylic acid groups (broad SMARTS) is 1. The molecule has 4 unspecified atom stereocenters. The Morgan fingerprint density at radius 3 is 1.69 bits per heavy atom. The van der Waals surface area contributed by atoms with Crippen LogP contribution in [0.25, 0.3) is 0 Å². The van der Waals surface area contributed by atoms with Gasteiger partial charge in [0.2, 0.25) is 17.7 Å². The number of nitrogens with two attached hydrogens (primary N) is 5. The molecule has 15 heteroatoms. The Hall–Kier alpha value is -3.62. The van der Waals surface area contributed by atoms with Gasteiger partial charge in [-0.15, -0.1) is 0 Å². The number of carbonyl (C=O) groups is 4. The molecule has 14 N–H and O–H groups in total. The van der Waals surface area contributed by atoms with Gasteiger partial charge < -0.3 is 49.7 Å². The highest BCUT2D eigenvalue weighted by Gasteiger charge is 2.29. The van der Waals surface area contributed by atoms with Gasteiger partial charge in [0.05, 0.1) is 6.04 Å². The molecule has 0 fully saturated rings. The van der Waals surface area contributed by atoms with E-state index in [1.54, 1.807) is 0 Å². The number of aliphatic carboxylic acids is 1. The van der Waals surface area contributed by atoms with E-state index in [1.165, 1.54) is 6.92 Å². The summed E-state index contributed by atoms with van der Waals surface area (Å²) in [5, 5.41) is 16.7. The molecule has 0 aliphatic carbocycles. The number of hydrogen-bond acceptors (Lipinski definition) is 7. The second-order valence-electron chi connectivity index (χ2n) is 8.82.